The molecular weight excluding hydrogens is 492 g/mol. The molecule has 0 spiro atoms. The van der Waals surface area contributed by atoms with Gasteiger partial charge in [-0.3, -0.25) is 24.2 Å². The van der Waals surface area contributed by atoms with Crippen LogP contribution < -0.4 is 4.90 Å². The Labute approximate surface area is 217 Å². The predicted molar refractivity (Wildman–Crippen MR) is 140 cm³/mol. The summed E-state index contributed by atoms with van der Waals surface area (Å²) in [6, 6.07) is 28.1. The summed E-state index contributed by atoms with van der Waals surface area (Å²) in [5.74, 6) is -1.30. The molecule has 2 aliphatic rings. The van der Waals surface area contributed by atoms with E-state index >= 15 is 0 Å². The van der Waals surface area contributed by atoms with Crippen molar-refractivity contribution in [3.63, 3.8) is 0 Å². The van der Waals surface area contributed by atoms with Crippen molar-refractivity contribution in [3.8, 4) is 0 Å². The summed E-state index contributed by atoms with van der Waals surface area (Å²) in [6.07, 6.45) is 0.187. The van der Waals surface area contributed by atoms with Gasteiger partial charge in [0.05, 0.1) is 22.5 Å². The van der Waals surface area contributed by atoms with E-state index < -0.39 is 17.9 Å². The SMILES string of the molecule is O=C(C(Cc1ccccc1)N1C(=O)c2ccccc2C1=O)N1c2ccccc2Sc2ccc(Cl)cc21. The number of hydrogen-bond acceptors (Lipinski definition) is 4. The number of halogens is 1. The highest BCUT2D eigenvalue weighted by molar-refractivity contribution is 7.99. The zero-order chi connectivity index (χ0) is 24.8. The number of amides is 3. The Morgan fingerprint density at radius 2 is 1.36 bits per heavy atom. The first-order chi connectivity index (χ1) is 17.5. The third-order valence-electron chi connectivity index (χ3n) is 6.40. The third-order valence-corrected chi connectivity index (χ3v) is 7.77. The minimum atomic E-state index is -1.05. The summed E-state index contributed by atoms with van der Waals surface area (Å²) in [6.45, 7) is 0. The van der Waals surface area contributed by atoms with E-state index in [9.17, 15) is 14.4 Å². The smallest absolute Gasteiger partial charge is 0.262 e. The number of benzene rings is 4. The van der Waals surface area contributed by atoms with Gasteiger partial charge in [-0.25, -0.2) is 0 Å². The number of imide groups is 1. The first-order valence-electron chi connectivity index (χ1n) is 11.4. The van der Waals surface area contributed by atoms with Gasteiger partial charge in [-0.15, -0.1) is 0 Å². The van der Waals surface area contributed by atoms with E-state index in [1.807, 2.05) is 60.7 Å². The van der Waals surface area contributed by atoms with Crippen molar-refractivity contribution in [1.29, 1.82) is 0 Å². The van der Waals surface area contributed by atoms with Crippen LogP contribution in [0.5, 0.6) is 0 Å². The molecule has 1 unspecified atom stereocenters. The second-order valence-corrected chi connectivity index (χ2v) is 10.1. The fourth-order valence-electron chi connectivity index (χ4n) is 4.73. The number of nitrogens with zero attached hydrogens (tertiary/aromatic N) is 2. The maximum absolute atomic E-state index is 14.5. The number of rotatable bonds is 4. The summed E-state index contributed by atoms with van der Waals surface area (Å²) in [7, 11) is 0. The highest BCUT2D eigenvalue weighted by atomic mass is 35.5. The van der Waals surface area contributed by atoms with Crippen molar-refractivity contribution in [3.05, 3.63) is 119 Å². The van der Waals surface area contributed by atoms with Crippen LogP contribution in [0, 0.1) is 0 Å². The number of carbonyl (C=O) groups excluding carboxylic acids is 3. The third kappa shape index (κ3) is 3.70. The molecule has 0 aliphatic carbocycles. The molecule has 7 heteroatoms. The first-order valence-corrected chi connectivity index (χ1v) is 12.6. The number of fused-ring (bicyclic) bond motifs is 3. The van der Waals surface area contributed by atoms with Crippen molar-refractivity contribution in [2.24, 2.45) is 0 Å². The van der Waals surface area contributed by atoms with E-state index in [0.717, 1.165) is 20.3 Å². The maximum atomic E-state index is 14.5. The zero-order valence-electron chi connectivity index (χ0n) is 18.9. The van der Waals surface area contributed by atoms with Gasteiger partial charge in [-0.1, -0.05) is 78.0 Å². The maximum Gasteiger partial charge on any atom is 0.262 e. The molecule has 0 saturated carbocycles. The summed E-state index contributed by atoms with van der Waals surface area (Å²) in [5.41, 5.74) is 2.79. The van der Waals surface area contributed by atoms with Crippen molar-refractivity contribution in [2.75, 3.05) is 4.90 Å². The lowest BCUT2D eigenvalue weighted by atomic mass is 10.0. The van der Waals surface area contributed by atoms with Gasteiger partial charge in [0.2, 0.25) is 0 Å². The molecule has 6 rings (SSSR count). The Hall–Kier alpha value is -3.87. The van der Waals surface area contributed by atoms with Gasteiger partial charge in [0.25, 0.3) is 17.7 Å². The molecule has 0 bridgehead atoms. The molecule has 1 atom stereocenters. The summed E-state index contributed by atoms with van der Waals surface area (Å²) >= 11 is 7.90. The largest absolute Gasteiger partial charge is 0.277 e. The van der Waals surface area contributed by atoms with Gasteiger partial charge in [0.15, 0.2) is 0 Å². The molecule has 0 aromatic heterocycles. The Balaban J connectivity index is 1.50. The molecule has 0 N–H and O–H groups in total. The Kier molecular flexibility index (Phi) is 5.63. The van der Waals surface area contributed by atoms with Gasteiger partial charge in [0.1, 0.15) is 6.04 Å². The monoisotopic (exact) mass is 510 g/mol. The molecule has 4 aromatic carbocycles. The van der Waals surface area contributed by atoms with Gasteiger partial charge in [0, 0.05) is 21.2 Å². The van der Waals surface area contributed by atoms with Crippen LogP contribution in [0.15, 0.2) is 107 Å². The molecule has 36 heavy (non-hydrogen) atoms. The van der Waals surface area contributed by atoms with Crippen molar-refractivity contribution >= 4 is 52.5 Å². The van der Waals surface area contributed by atoms with Crippen molar-refractivity contribution in [2.45, 2.75) is 22.3 Å². The lowest BCUT2D eigenvalue weighted by Gasteiger charge is -2.35. The van der Waals surface area contributed by atoms with Gasteiger partial charge >= 0.3 is 0 Å². The molecule has 2 aliphatic heterocycles. The molecule has 5 nitrogen and oxygen atoms in total. The minimum absolute atomic E-state index is 0.187. The lowest BCUT2D eigenvalue weighted by Crippen LogP contribution is -2.51. The number of anilines is 2. The molecule has 2 heterocycles. The molecular formula is C29H19ClN2O3S. The summed E-state index contributed by atoms with van der Waals surface area (Å²) in [4.78, 5) is 45.9. The van der Waals surface area contributed by atoms with E-state index in [1.165, 1.54) is 0 Å². The van der Waals surface area contributed by atoms with Crippen LogP contribution in [-0.2, 0) is 11.2 Å². The molecule has 176 valence electrons. The number of hydrogen-bond donors (Lipinski definition) is 0. The van der Waals surface area contributed by atoms with Crippen LogP contribution in [0.4, 0.5) is 11.4 Å². The van der Waals surface area contributed by atoms with Crippen LogP contribution in [0.3, 0.4) is 0 Å². The van der Waals surface area contributed by atoms with E-state index in [2.05, 4.69) is 0 Å². The molecule has 0 saturated heterocycles. The predicted octanol–water partition coefficient (Wildman–Crippen LogP) is 6.38. The number of carbonyl (C=O) groups is 3. The minimum Gasteiger partial charge on any atom is -0.277 e. The van der Waals surface area contributed by atoms with Gasteiger partial charge < -0.3 is 0 Å². The standard InChI is InChI=1S/C29H19ClN2O3S/c30-19-14-15-26-23(17-19)31(22-12-6-7-13-25(22)36-26)29(35)24(16-18-8-2-1-3-9-18)32-27(33)20-10-4-5-11-21(20)28(32)34/h1-15,17,24H,16H2. The topological polar surface area (TPSA) is 57.7 Å². The Bertz CT molecular complexity index is 1500. The fourth-order valence-corrected chi connectivity index (χ4v) is 5.94. The fraction of sp³-hybridized carbons (Fsp3) is 0.0690. The normalized spacial score (nSPS) is 14.8. The van der Waals surface area contributed by atoms with Gasteiger partial charge in [-0.2, -0.15) is 0 Å². The Morgan fingerprint density at radius 1 is 0.750 bits per heavy atom. The van der Waals surface area contributed by atoms with Crippen LogP contribution in [0.1, 0.15) is 26.3 Å². The van der Waals surface area contributed by atoms with E-state index in [0.29, 0.717) is 27.5 Å². The molecule has 0 radical (unpaired) electrons. The van der Waals surface area contributed by atoms with E-state index in [-0.39, 0.29) is 12.3 Å². The lowest BCUT2D eigenvalue weighted by molar-refractivity contribution is -0.121. The average Bonchev–Trinajstić information content (AvgIpc) is 3.16. The Morgan fingerprint density at radius 3 is 2.08 bits per heavy atom. The average molecular weight is 511 g/mol. The highest BCUT2D eigenvalue weighted by Crippen LogP contribution is 2.49. The van der Waals surface area contributed by atoms with Crippen LogP contribution >= 0.6 is 23.4 Å². The summed E-state index contributed by atoms with van der Waals surface area (Å²) < 4.78 is 0. The van der Waals surface area contributed by atoms with Crippen molar-refractivity contribution < 1.29 is 14.4 Å². The number of para-hydroxylation sites is 1. The highest BCUT2D eigenvalue weighted by Gasteiger charge is 2.45. The van der Waals surface area contributed by atoms with Crippen LogP contribution in [0.2, 0.25) is 5.02 Å². The van der Waals surface area contributed by atoms with E-state index in [1.54, 1.807) is 53.1 Å². The second-order valence-electron chi connectivity index (χ2n) is 8.59. The van der Waals surface area contributed by atoms with Crippen LogP contribution in [0.25, 0.3) is 0 Å². The molecule has 3 amide bonds. The summed E-state index contributed by atoms with van der Waals surface area (Å²) in [5, 5.41) is 0.492. The molecule has 0 fully saturated rings. The van der Waals surface area contributed by atoms with Crippen molar-refractivity contribution in [1.82, 2.24) is 4.90 Å². The van der Waals surface area contributed by atoms with E-state index in [4.69, 9.17) is 11.6 Å². The quantitative estimate of drug-likeness (QED) is 0.299. The first kappa shape index (κ1) is 22.6. The van der Waals surface area contributed by atoms with Gasteiger partial charge in [-0.05, 0) is 48.0 Å². The molecule has 4 aromatic rings. The second kappa shape index (κ2) is 8.97. The zero-order valence-corrected chi connectivity index (χ0v) is 20.5. The van der Waals surface area contributed by atoms with Crippen LogP contribution in [-0.4, -0.2) is 28.7 Å².